The van der Waals surface area contributed by atoms with Gasteiger partial charge < -0.3 is 19.7 Å². The van der Waals surface area contributed by atoms with E-state index in [1.807, 2.05) is 12.1 Å². The summed E-state index contributed by atoms with van der Waals surface area (Å²) in [6.07, 6.45) is 2.69. The molecule has 1 fully saturated rings. The van der Waals surface area contributed by atoms with Crippen LogP contribution in [0.5, 0.6) is 11.5 Å². The Balaban J connectivity index is 1.73. The molecule has 2 heterocycles. The highest BCUT2D eigenvalue weighted by atomic mass is 16.5. The maximum absolute atomic E-state index is 9.57. The van der Waals surface area contributed by atoms with Crippen molar-refractivity contribution in [1.82, 2.24) is 10.3 Å². The standard InChI is InChI=1S/C24H26N4O2/c1-4-16-5-7-17(8-6-16)21-15-28(10-9-26-21)24-20-12-23(30-3)22(29-2)11-19(20)18(13-25)14-27-24/h5-8,11-12,14,21,26H,4,9-10,15H2,1-3H3. The number of methoxy groups -OCH3 is 2. The second-order valence-corrected chi connectivity index (χ2v) is 7.41. The van der Waals surface area contributed by atoms with Crippen molar-refractivity contribution in [3.8, 4) is 17.6 Å². The Kier molecular flexibility index (Phi) is 5.73. The van der Waals surface area contributed by atoms with E-state index in [0.29, 0.717) is 17.1 Å². The predicted octanol–water partition coefficient (Wildman–Crippen LogP) is 3.84. The molecule has 1 N–H and O–H groups in total. The quantitative estimate of drug-likeness (QED) is 0.699. The zero-order valence-corrected chi connectivity index (χ0v) is 17.6. The van der Waals surface area contributed by atoms with E-state index in [0.717, 1.165) is 42.6 Å². The lowest BCUT2D eigenvalue weighted by atomic mass is 10.0. The molecule has 2 aromatic carbocycles. The normalized spacial score (nSPS) is 16.3. The Morgan fingerprint density at radius 3 is 2.47 bits per heavy atom. The summed E-state index contributed by atoms with van der Waals surface area (Å²) in [5.74, 6) is 2.10. The second kappa shape index (κ2) is 8.60. The van der Waals surface area contributed by atoms with Crippen LogP contribution in [0.15, 0.2) is 42.6 Å². The van der Waals surface area contributed by atoms with Gasteiger partial charge in [-0.25, -0.2) is 4.98 Å². The fourth-order valence-electron chi connectivity index (χ4n) is 4.04. The fraction of sp³-hybridized carbons (Fsp3) is 0.333. The summed E-state index contributed by atoms with van der Waals surface area (Å²) >= 11 is 0. The van der Waals surface area contributed by atoms with Gasteiger partial charge in [0.05, 0.1) is 19.8 Å². The van der Waals surface area contributed by atoms with Crippen molar-refractivity contribution in [1.29, 1.82) is 5.26 Å². The zero-order valence-electron chi connectivity index (χ0n) is 17.6. The van der Waals surface area contributed by atoms with Gasteiger partial charge in [-0.05, 0) is 29.7 Å². The lowest BCUT2D eigenvalue weighted by molar-refractivity contribution is 0.356. The third-order valence-corrected chi connectivity index (χ3v) is 5.76. The van der Waals surface area contributed by atoms with Crippen molar-refractivity contribution < 1.29 is 9.47 Å². The Bertz CT molecular complexity index is 1090. The first-order valence-electron chi connectivity index (χ1n) is 10.2. The summed E-state index contributed by atoms with van der Waals surface area (Å²) in [6, 6.07) is 15.1. The van der Waals surface area contributed by atoms with Gasteiger partial charge in [0.25, 0.3) is 0 Å². The van der Waals surface area contributed by atoms with Crippen molar-refractivity contribution in [2.24, 2.45) is 0 Å². The van der Waals surface area contributed by atoms with Crippen LogP contribution >= 0.6 is 0 Å². The molecule has 3 aromatic rings. The highest BCUT2D eigenvalue weighted by Crippen LogP contribution is 2.37. The van der Waals surface area contributed by atoms with Crippen molar-refractivity contribution in [2.45, 2.75) is 19.4 Å². The van der Waals surface area contributed by atoms with Crippen molar-refractivity contribution in [3.63, 3.8) is 0 Å². The first-order chi connectivity index (χ1) is 14.7. The molecule has 0 saturated carbocycles. The van der Waals surface area contributed by atoms with Crippen molar-refractivity contribution >= 4 is 16.6 Å². The molecule has 1 aliphatic heterocycles. The van der Waals surface area contributed by atoms with E-state index < -0.39 is 0 Å². The molecule has 6 nitrogen and oxygen atoms in total. The van der Waals surface area contributed by atoms with E-state index >= 15 is 0 Å². The molecule has 0 bridgehead atoms. The number of aryl methyl sites for hydroxylation is 1. The second-order valence-electron chi connectivity index (χ2n) is 7.41. The Hall–Kier alpha value is -3.30. The lowest BCUT2D eigenvalue weighted by Gasteiger charge is -2.35. The number of pyridine rings is 1. The van der Waals surface area contributed by atoms with E-state index in [4.69, 9.17) is 9.47 Å². The lowest BCUT2D eigenvalue weighted by Crippen LogP contribution is -2.46. The number of fused-ring (bicyclic) bond motifs is 1. The molecule has 1 aromatic heterocycles. The van der Waals surface area contributed by atoms with Gasteiger partial charge in [0.15, 0.2) is 11.5 Å². The van der Waals surface area contributed by atoms with E-state index in [1.165, 1.54) is 11.1 Å². The summed E-state index contributed by atoms with van der Waals surface area (Å²) in [4.78, 5) is 6.95. The molecule has 1 saturated heterocycles. The van der Waals surface area contributed by atoms with Crippen LogP contribution in [0.2, 0.25) is 0 Å². The number of hydrogen-bond acceptors (Lipinski definition) is 6. The minimum absolute atomic E-state index is 0.220. The maximum Gasteiger partial charge on any atom is 0.161 e. The van der Waals surface area contributed by atoms with Crippen LogP contribution in [0, 0.1) is 11.3 Å². The Morgan fingerprint density at radius 1 is 1.13 bits per heavy atom. The van der Waals surface area contributed by atoms with Crippen LogP contribution in [0.1, 0.15) is 29.7 Å². The minimum Gasteiger partial charge on any atom is -0.493 e. The van der Waals surface area contributed by atoms with Crippen LogP contribution in [-0.2, 0) is 6.42 Å². The summed E-state index contributed by atoms with van der Waals surface area (Å²) in [7, 11) is 3.22. The summed E-state index contributed by atoms with van der Waals surface area (Å²) < 4.78 is 11.0. The monoisotopic (exact) mass is 402 g/mol. The smallest absolute Gasteiger partial charge is 0.161 e. The highest BCUT2D eigenvalue weighted by molar-refractivity contribution is 5.98. The zero-order chi connectivity index (χ0) is 21.1. The number of benzene rings is 2. The number of piperazine rings is 1. The number of nitriles is 1. The first kappa shape index (κ1) is 20.0. The van der Waals surface area contributed by atoms with Crippen molar-refractivity contribution in [3.05, 3.63) is 59.3 Å². The van der Waals surface area contributed by atoms with E-state index in [1.54, 1.807) is 20.4 Å². The molecule has 30 heavy (non-hydrogen) atoms. The number of anilines is 1. The van der Waals surface area contributed by atoms with Gasteiger partial charge in [-0.1, -0.05) is 31.2 Å². The van der Waals surface area contributed by atoms with Gasteiger partial charge in [-0.3, -0.25) is 0 Å². The number of aromatic nitrogens is 1. The maximum atomic E-state index is 9.57. The molecular weight excluding hydrogens is 376 g/mol. The van der Waals surface area contributed by atoms with E-state index in [9.17, 15) is 5.26 Å². The average Bonchev–Trinajstić information content (AvgIpc) is 2.82. The third-order valence-electron chi connectivity index (χ3n) is 5.76. The number of ether oxygens (including phenoxy) is 2. The SMILES string of the molecule is CCc1ccc(C2CN(c3ncc(C#N)c4cc(OC)c(OC)cc34)CCN2)cc1. The van der Waals surface area contributed by atoms with E-state index in [-0.39, 0.29) is 6.04 Å². The molecule has 1 atom stereocenters. The van der Waals surface area contributed by atoms with Crippen molar-refractivity contribution in [2.75, 3.05) is 38.8 Å². The first-order valence-corrected chi connectivity index (χ1v) is 10.2. The summed E-state index contributed by atoms with van der Waals surface area (Å²) in [6.45, 7) is 4.66. The molecule has 1 unspecified atom stereocenters. The molecule has 0 aliphatic carbocycles. The summed E-state index contributed by atoms with van der Waals surface area (Å²) in [5.41, 5.74) is 3.14. The molecule has 0 spiro atoms. The largest absolute Gasteiger partial charge is 0.493 e. The number of nitrogens with zero attached hydrogens (tertiary/aromatic N) is 3. The van der Waals surface area contributed by atoms with Crippen LogP contribution in [-0.4, -0.2) is 38.8 Å². The van der Waals surface area contributed by atoms with Gasteiger partial charge in [0.1, 0.15) is 11.9 Å². The molecule has 0 amide bonds. The predicted molar refractivity (Wildman–Crippen MR) is 118 cm³/mol. The van der Waals surface area contributed by atoms with Gasteiger partial charge in [-0.15, -0.1) is 0 Å². The van der Waals surface area contributed by atoms with E-state index in [2.05, 4.69) is 52.5 Å². The Morgan fingerprint density at radius 2 is 1.83 bits per heavy atom. The highest BCUT2D eigenvalue weighted by Gasteiger charge is 2.24. The molecule has 4 rings (SSSR count). The molecule has 154 valence electrons. The molecular formula is C24H26N4O2. The molecule has 6 heteroatoms. The van der Waals surface area contributed by atoms with Crippen LogP contribution in [0.4, 0.5) is 5.82 Å². The topological polar surface area (TPSA) is 70.4 Å². The molecule has 0 radical (unpaired) electrons. The fourth-order valence-corrected chi connectivity index (χ4v) is 4.04. The molecule has 1 aliphatic rings. The average molecular weight is 402 g/mol. The van der Waals surface area contributed by atoms with Gasteiger partial charge in [-0.2, -0.15) is 5.26 Å². The number of nitrogens with one attached hydrogen (secondary N) is 1. The van der Waals surface area contributed by atoms with Gasteiger partial charge >= 0.3 is 0 Å². The van der Waals surface area contributed by atoms with Gasteiger partial charge in [0.2, 0.25) is 0 Å². The number of hydrogen-bond donors (Lipinski definition) is 1. The number of rotatable bonds is 5. The Labute approximate surface area is 177 Å². The van der Waals surface area contributed by atoms with Crippen LogP contribution < -0.4 is 19.7 Å². The van der Waals surface area contributed by atoms with Gasteiger partial charge in [0, 0.05) is 42.6 Å². The van der Waals surface area contributed by atoms with Crippen LogP contribution in [0.25, 0.3) is 10.8 Å². The summed E-state index contributed by atoms with van der Waals surface area (Å²) in [5, 5.41) is 14.9. The van der Waals surface area contributed by atoms with Crippen LogP contribution in [0.3, 0.4) is 0 Å². The third kappa shape index (κ3) is 3.64. The minimum atomic E-state index is 0.220.